The summed E-state index contributed by atoms with van der Waals surface area (Å²) in [6, 6.07) is 6.24. The van der Waals surface area contributed by atoms with Crippen molar-refractivity contribution in [2.24, 2.45) is 0 Å². The third kappa shape index (κ3) is 3.41. The van der Waals surface area contributed by atoms with Gasteiger partial charge >= 0.3 is 6.09 Å². The van der Waals surface area contributed by atoms with Crippen molar-refractivity contribution in [1.82, 2.24) is 9.88 Å². The molecular formula is C20H23N3O2S2. The van der Waals surface area contributed by atoms with Gasteiger partial charge in [-0.25, -0.2) is 9.78 Å². The van der Waals surface area contributed by atoms with Crippen molar-refractivity contribution >= 4 is 44.0 Å². The van der Waals surface area contributed by atoms with Gasteiger partial charge in [0, 0.05) is 17.0 Å². The van der Waals surface area contributed by atoms with Crippen LogP contribution in [0.5, 0.6) is 0 Å². The lowest BCUT2D eigenvalue weighted by molar-refractivity contribution is 0.0227. The number of thiophene rings is 1. The second-order valence-corrected chi connectivity index (χ2v) is 10.0. The van der Waals surface area contributed by atoms with E-state index in [-0.39, 0.29) is 6.09 Å². The molecule has 27 heavy (non-hydrogen) atoms. The van der Waals surface area contributed by atoms with E-state index in [1.165, 1.54) is 15.8 Å². The highest BCUT2D eigenvalue weighted by molar-refractivity contribution is 7.22. The molecule has 0 unspecified atom stereocenters. The van der Waals surface area contributed by atoms with E-state index in [0.717, 1.165) is 32.4 Å². The first-order chi connectivity index (χ1) is 12.7. The second kappa shape index (κ2) is 6.49. The van der Waals surface area contributed by atoms with Crippen molar-refractivity contribution < 1.29 is 9.53 Å². The molecule has 0 radical (unpaired) electrons. The van der Waals surface area contributed by atoms with Gasteiger partial charge in [0.15, 0.2) is 0 Å². The molecule has 0 aliphatic carbocycles. The van der Waals surface area contributed by atoms with Crippen molar-refractivity contribution in [1.29, 1.82) is 0 Å². The largest absolute Gasteiger partial charge is 0.444 e. The average Bonchev–Trinajstić information content (AvgIpc) is 3.13. The first kappa shape index (κ1) is 18.3. The van der Waals surface area contributed by atoms with Crippen LogP contribution in [-0.4, -0.2) is 28.1 Å². The Bertz CT molecular complexity index is 1030. The molecule has 1 amide bonds. The molecule has 3 heterocycles. The molecule has 1 aliphatic heterocycles. The fraction of sp³-hybridized carbons (Fsp3) is 0.400. The summed E-state index contributed by atoms with van der Waals surface area (Å²) in [6.07, 6.45) is 0.504. The van der Waals surface area contributed by atoms with Crippen LogP contribution in [0.2, 0.25) is 0 Å². The number of fused-ring (bicyclic) bond motifs is 2. The molecule has 4 rings (SSSR count). The van der Waals surface area contributed by atoms with Crippen LogP contribution in [0, 0.1) is 6.92 Å². The zero-order valence-electron chi connectivity index (χ0n) is 16.0. The number of nitrogens with zero attached hydrogens (tertiary/aromatic N) is 2. The maximum Gasteiger partial charge on any atom is 0.410 e. The highest BCUT2D eigenvalue weighted by Gasteiger charge is 2.30. The molecule has 0 saturated carbocycles. The molecule has 0 saturated heterocycles. The summed E-state index contributed by atoms with van der Waals surface area (Å²) in [5.41, 5.74) is 10.4. The highest BCUT2D eigenvalue weighted by atomic mass is 32.1. The predicted molar refractivity (Wildman–Crippen MR) is 112 cm³/mol. The van der Waals surface area contributed by atoms with E-state index in [1.54, 1.807) is 27.6 Å². The van der Waals surface area contributed by atoms with E-state index >= 15 is 0 Å². The quantitative estimate of drug-likeness (QED) is 0.608. The van der Waals surface area contributed by atoms with E-state index in [9.17, 15) is 4.79 Å². The summed E-state index contributed by atoms with van der Waals surface area (Å²) < 4.78 is 6.69. The Hall–Kier alpha value is -2.12. The molecule has 0 fully saturated rings. The molecule has 1 aromatic carbocycles. The Balaban J connectivity index is 1.67. The number of aryl methyl sites for hydroxylation is 1. The van der Waals surface area contributed by atoms with E-state index < -0.39 is 5.60 Å². The summed E-state index contributed by atoms with van der Waals surface area (Å²) in [5, 5.41) is 1.75. The van der Waals surface area contributed by atoms with Gasteiger partial charge in [-0.3, -0.25) is 0 Å². The summed E-state index contributed by atoms with van der Waals surface area (Å²) >= 11 is 3.24. The fourth-order valence-corrected chi connectivity index (χ4v) is 5.66. The number of nitrogen functional groups attached to an aromatic ring is 1. The number of hydrogen-bond donors (Lipinski definition) is 1. The summed E-state index contributed by atoms with van der Waals surface area (Å²) in [6.45, 7) is 8.92. The monoisotopic (exact) mass is 401 g/mol. The maximum atomic E-state index is 12.4. The number of carbonyl (C=O) groups excluding carboxylic acids is 1. The third-order valence-corrected chi connectivity index (χ3v) is 6.65. The number of amides is 1. The summed E-state index contributed by atoms with van der Waals surface area (Å²) in [4.78, 5) is 20.2. The number of benzene rings is 1. The van der Waals surface area contributed by atoms with Crippen LogP contribution in [0.4, 0.5) is 9.80 Å². The lowest BCUT2D eigenvalue weighted by Gasteiger charge is -2.30. The topological polar surface area (TPSA) is 68.5 Å². The minimum Gasteiger partial charge on any atom is -0.444 e. The molecule has 1 aliphatic rings. The van der Waals surface area contributed by atoms with Gasteiger partial charge in [0.05, 0.1) is 21.8 Å². The van der Waals surface area contributed by atoms with Gasteiger partial charge in [0.25, 0.3) is 0 Å². The number of carbonyl (C=O) groups is 1. The molecule has 0 atom stereocenters. The van der Waals surface area contributed by atoms with Gasteiger partial charge < -0.3 is 15.4 Å². The molecule has 3 aromatic rings. The summed E-state index contributed by atoms with van der Waals surface area (Å²) in [5.74, 6) is 0. The van der Waals surface area contributed by atoms with Crippen molar-refractivity contribution in [3.8, 4) is 10.6 Å². The minimum absolute atomic E-state index is 0.266. The van der Waals surface area contributed by atoms with Gasteiger partial charge in [0.2, 0.25) is 0 Å². The Kier molecular flexibility index (Phi) is 4.39. The van der Waals surface area contributed by atoms with E-state index in [2.05, 4.69) is 25.1 Å². The molecule has 5 nitrogen and oxygen atoms in total. The summed E-state index contributed by atoms with van der Waals surface area (Å²) in [7, 11) is 0. The van der Waals surface area contributed by atoms with Crippen LogP contribution < -0.4 is 5.73 Å². The van der Waals surface area contributed by atoms with Crippen LogP contribution in [0.1, 0.15) is 36.8 Å². The van der Waals surface area contributed by atoms with E-state index in [4.69, 9.17) is 15.5 Å². The molecule has 0 spiro atoms. The number of hydrogen-bond acceptors (Lipinski definition) is 6. The second-order valence-electron chi connectivity index (χ2n) is 7.84. The Morgan fingerprint density at radius 3 is 2.78 bits per heavy atom. The van der Waals surface area contributed by atoms with Gasteiger partial charge in [0.1, 0.15) is 10.6 Å². The number of anilines is 1. The fourth-order valence-electron chi connectivity index (χ4n) is 3.33. The van der Waals surface area contributed by atoms with Crippen LogP contribution >= 0.6 is 22.7 Å². The number of nitrogens with two attached hydrogens (primary N) is 1. The molecular weight excluding hydrogens is 378 g/mol. The molecule has 142 valence electrons. The first-order valence-corrected chi connectivity index (χ1v) is 10.6. The first-order valence-electron chi connectivity index (χ1n) is 8.97. The average molecular weight is 402 g/mol. The zero-order valence-corrected chi connectivity index (χ0v) is 17.6. The van der Waals surface area contributed by atoms with Crippen LogP contribution in [0.3, 0.4) is 0 Å². The smallest absolute Gasteiger partial charge is 0.410 e. The lowest BCUT2D eigenvalue weighted by Crippen LogP contribution is -2.39. The minimum atomic E-state index is -0.490. The number of rotatable bonds is 1. The third-order valence-electron chi connectivity index (χ3n) is 4.57. The van der Waals surface area contributed by atoms with Gasteiger partial charge in [-0.05, 0) is 51.3 Å². The maximum absolute atomic E-state index is 12.4. The van der Waals surface area contributed by atoms with Crippen molar-refractivity contribution in [3.63, 3.8) is 0 Å². The standard InChI is InChI=1S/C20H23N3O2S2/c1-11-6-5-7-13-16(11)22-18(27-13)15-12-8-9-23(10-14(12)26-17(15)21)19(24)25-20(2,3)4/h5-7H,8-10,21H2,1-4H3. The molecule has 7 heteroatoms. The van der Waals surface area contributed by atoms with Crippen molar-refractivity contribution in [3.05, 3.63) is 34.2 Å². The Morgan fingerprint density at radius 1 is 1.30 bits per heavy atom. The number of thiazole rings is 1. The Labute approximate surface area is 166 Å². The lowest BCUT2D eigenvalue weighted by atomic mass is 10.0. The van der Waals surface area contributed by atoms with Crippen molar-refractivity contribution in [2.75, 3.05) is 12.3 Å². The zero-order chi connectivity index (χ0) is 19.3. The number of aromatic nitrogens is 1. The molecule has 2 N–H and O–H groups in total. The van der Waals surface area contributed by atoms with Gasteiger partial charge in [-0.1, -0.05) is 12.1 Å². The normalized spacial score (nSPS) is 14.4. The van der Waals surface area contributed by atoms with Crippen LogP contribution in [-0.2, 0) is 17.7 Å². The SMILES string of the molecule is Cc1cccc2sc(-c3c(N)sc4c3CCN(C(=O)OC(C)(C)C)C4)nc12. The molecule has 0 bridgehead atoms. The van der Waals surface area contributed by atoms with Gasteiger partial charge in [-0.2, -0.15) is 0 Å². The van der Waals surface area contributed by atoms with Crippen LogP contribution in [0.15, 0.2) is 18.2 Å². The van der Waals surface area contributed by atoms with Gasteiger partial charge in [-0.15, -0.1) is 22.7 Å². The number of ether oxygens (including phenoxy) is 1. The van der Waals surface area contributed by atoms with Crippen LogP contribution in [0.25, 0.3) is 20.8 Å². The predicted octanol–water partition coefficient (Wildman–Crippen LogP) is 5.21. The molecule has 2 aromatic heterocycles. The number of para-hydroxylation sites is 1. The highest BCUT2D eigenvalue weighted by Crippen LogP contribution is 2.44. The Morgan fingerprint density at radius 2 is 2.07 bits per heavy atom. The van der Waals surface area contributed by atoms with E-state index in [0.29, 0.717) is 13.1 Å². The van der Waals surface area contributed by atoms with Crippen molar-refractivity contribution in [2.45, 2.75) is 46.3 Å². The van der Waals surface area contributed by atoms with E-state index in [1.807, 2.05) is 20.8 Å².